The van der Waals surface area contributed by atoms with Crippen molar-refractivity contribution in [2.45, 2.75) is 38.8 Å². The summed E-state index contributed by atoms with van der Waals surface area (Å²) in [5, 5.41) is 22.5. The summed E-state index contributed by atoms with van der Waals surface area (Å²) in [6.07, 6.45) is 1.63. The molecule has 0 spiro atoms. The predicted molar refractivity (Wildman–Crippen MR) is 108 cm³/mol. The van der Waals surface area contributed by atoms with Gasteiger partial charge in [0.05, 0.1) is 17.5 Å². The van der Waals surface area contributed by atoms with Crippen molar-refractivity contribution in [2.24, 2.45) is 0 Å². The molecule has 1 unspecified atom stereocenters. The van der Waals surface area contributed by atoms with Gasteiger partial charge in [-0.05, 0) is 38.4 Å². The normalized spacial score (nSPS) is 16.2. The molecule has 0 aliphatic carbocycles. The number of aliphatic carboxylic acids is 1. The Morgan fingerprint density at radius 3 is 2.36 bits per heavy atom. The Kier molecular flexibility index (Phi) is 9.30. The zero-order chi connectivity index (χ0) is 20.0. The van der Waals surface area contributed by atoms with Crippen LogP contribution < -0.4 is 5.32 Å². The zero-order valence-electron chi connectivity index (χ0n) is 16.0. The number of carbonyl (C=O) groups excluding carboxylic acids is 1. The number of piperidine rings is 1. The van der Waals surface area contributed by atoms with Crippen LogP contribution in [0.1, 0.15) is 26.7 Å². The number of carbonyl (C=O) groups is 2. The van der Waals surface area contributed by atoms with E-state index in [4.69, 9.17) is 5.11 Å². The summed E-state index contributed by atoms with van der Waals surface area (Å²) in [7, 11) is 0. The SMILES string of the molecule is CCN(CC(=O)O)C1CCN(C(C)C(=O)Nc2ccc([N+](=O)[O-])cc2)CC1.Cl. The first kappa shape index (κ1) is 23.8. The van der Waals surface area contributed by atoms with Crippen molar-refractivity contribution in [1.29, 1.82) is 0 Å². The van der Waals surface area contributed by atoms with Crippen molar-refractivity contribution < 1.29 is 19.6 Å². The van der Waals surface area contributed by atoms with Crippen molar-refractivity contribution in [2.75, 3.05) is 31.5 Å². The molecule has 28 heavy (non-hydrogen) atoms. The van der Waals surface area contributed by atoms with Gasteiger partial charge in [0.25, 0.3) is 5.69 Å². The number of amides is 1. The summed E-state index contributed by atoms with van der Waals surface area (Å²) in [6, 6.07) is 5.62. The molecule has 0 aromatic heterocycles. The van der Waals surface area contributed by atoms with Crippen LogP contribution in [0.25, 0.3) is 0 Å². The van der Waals surface area contributed by atoms with Crippen LogP contribution in [0, 0.1) is 10.1 Å². The number of nitrogens with one attached hydrogen (secondary N) is 1. The van der Waals surface area contributed by atoms with E-state index >= 15 is 0 Å². The molecule has 1 fully saturated rings. The molecule has 2 rings (SSSR count). The van der Waals surface area contributed by atoms with Crippen LogP contribution in [0.2, 0.25) is 0 Å². The first-order chi connectivity index (χ1) is 12.8. The lowest BCUT2D eigenvalue weighted by atomic mass is 10.0. The molecule has 0 radical (unpaired) electrons. The third kappa shape index (κ3) is 6.43. The molecule has 1 aliphatic heterocycles. The van der Waals surface area contributed by atoms with Gasteiger partial charge >= 0.3 is 5.97 Å². The highest BCUT2D eigenvalue weighted by Gasteiger charge is 2.29. The number of benzene rings is 1. The smallest absolute Gasteiger partial charge is 0.317 e. The van der Waals surface area contributed by atoms with Crippen LogP contribution in [0.15, 0.2) is 24.3 Å². The van der Waals surface area contributed by atoms with E-state index in [2.05, 4.69) is 10.2 Å². The van der Waals surface area contributed by atoms with Crippen LogP contribution in [0.5, 0.6) is 0 Å². The van der Waals surface area contributed by atoms with Gasteiger partial charge in [0.1, 0.15) is 0 Å². The van der Waals surface area contributed by atoms with Gasteiger partial charge < -0.3 is 10.4 Å². The summed E-state index contributed by atoms with van der Waals surface area (Å²) < 4.78 is 0. The Labute approximate surface area is 170 Å². The lowest BCUT2D eigenvalue weighted by Gasteiger charge is -2.39. The Hall–Kier alpha value is -2.23. The van der Waals surface area contributed by atoms with Crippen LogP contribution in [-0.4, -0.2) is 70.0 Å². The number of hydrogen-bond acceptors (Lipinski definition) is 6. The van der Waals surface area contributed by atoms with Gasteiger partial charge in [-0.3, -0.25) is 29.5 Å². The Bertz CT molecular complexity index is 677. The van der Waals surface area contributed by atoms with Crippen LogP contribution in [0.3, 0.4) is 0 Å². The lowest BCUT2D eigenvalue weighted by Crippen LogP contribution is -2.51. The molecule has 9 nitrogen and oxygen atoms in total. The number of nitro groups is 1. The maximum Gasteiger partial charge on any atom is 0.317 e. The maximum atomic E-state index is 12.5. The van der Waals surface area contributed by atoms with Gasteiger partial charge in [-0.15, -0.1) is 12.4 Å². The van der Waals surface area contributed by atoms with E-state index in [-0.39, 0.29) is 42.6 Å². The van der Waals surface area contributed by atoms with E-state index in [1.54, 1.807) is 0 Å². The number of hydrogen-bond donors (Lipinski definition) is 2. The summed E-state index contributed by atoms with van der Waals surface area (Å²) in [4.78, 5) is 37.7. The molecule has 1 saturated heterocycles. The monoisotopic (exact) mass is 414 g/mol. The molecule has 1 aromatic rings. The largest absolute Gasteiger partial charge is 0.480 e. The predicted octanol–water partition coefficient (Wildman–Crippen LogP) is 2.21. The number of rotatable bonds is 8. The zero-order valence-corrected chi connectivity index (χ0v) is 16.9. The quantitative estimate of drug-likeness (QED) is 0.494. The van der Waals surface area contributed by atoms with Gasteiger partial charge in [0.15, 0.2) is 0 Å². The topological polar surface area (TPSA) is 116 Å². The second-order valence-electron chi connectivity index (χ2n) is 6.69. The Balaban J connectivity index is 0.00000392. The molecule has 0 bridgehead atoms. The fourth-order valence-electron chi connectivity index (χ4n) is 3.39. The van der Waals surface area contributed by atoms with Gasteiger partial charge in [-0.25, -0.2) is 0 Å². The molecule has 1 aromatic carbocycles. The van der Waals surface area contributed by atoms with Crippen LogP contribution >= 0.6 is 12.4 Å². The molecule has 1 aliphatic rings. The van der Waals surface area contributed by atoms with Gasteiger partial charge in [0.2, 0.25) is 5.91 Å². The third-order valence-corrected chi connectivity index (χ3v) is 5.03. The minimum Gasteiger partial charge on any atom is -0.480 e. The highest BCUT2D eigenvalue weighted by molar-refractivity contribution is 5.94. The molecule has 0 saturated carbocycles. The number of likely N-dealkylation sites (N-methyl/N-ethyl adjacent to an activating group) is 1. The van der Waals surface area contributed by atoms with Crippen molar-refractivity contribution in [1.82, 2.24) is 9.80 Å². The fraction of sp³-hybridized carbons (Fsp3) is 0.556. The van der Waals surface area contributed by atoms with E-state index in [1.807, 2.05) is 18.7 Å². The first-order valence-corrected chi connectivity index (χ1v) is 9.07. The molecule has 1 atom stereocenters. The van der Waals surface area contributed by atoms with E-state index in [9.17, 15) is 19.7 Å². The van der Waals surface area contributed by atoms with Gasteiger partial charge in [-0.1, -0.05) is 6.92 Å². The number of halogens is 1. The number of anilines is 1. The molecule has 10 heteroatoms. The number of likely N-dealkylation sites (tertiary alicyclic amines) is 1. The van der Waals surface area contributed by atoms with Crippen LogP contribution in [-0.2, 0) is 9.59 Å². The average Bonchev–Trinajstić information content (AvgIpc) is 2.66. The fourth-order valence-corrected chi connectivity index (χ4v) is 3.39. The molecular weight excluding hydrogens is 388 g/mol. The third-order valence-electron chi connectivity index (χ3n) is 5.03. The van der Waals surface area contributed by atoms with E-state index in [0.29, 0.717) is 12.2 Å². The van der Waals surface area contributed by atoms with E-state index in [1.165, 1.54) is 24.3 Å². The van der Waals surface area contributed by atoms with E-state index < -0.39 is 10.9 Å². The first-order valence-electron chi connectivity index (χ1n) is 9.07. The highest BCUT2D eigenvalue weighted by Crippen LogP contribution is 2.20. The Morgan fingerprint density at radius 1 is 1.32 bits per heavy atom. The highest BCUT2D eigenvalue weighted by atomic mass is 35.5. The Morgan fingerprint density at radius 2 is 1.89 bits per heavy atom. The number of carboxylic acid groups (broad SMARTS) is 1. The summed E-state index contributed by atoms with van der Waals surface area (Å²) in [5.41, 5.74) is 0.496. The summed E-state index contributed by atoms with van der Waals surface area (Å²) in [5.74, 6) is -0.990. The lowest BCUT2D eigenvalue weighted by molar-refractivity contribution is -0.384. The van der Waals surface area contributed by atoms with E-state index in [0.717, 1.165) is 25.9 Å². The van der Waals surface area contributed by atoms with Crippen LogP contribution in [0.4, 0.5) is 11.4 Å². The van der Waals surface area contributed by atoms with Crippen molar-refractivity contribution in [3.8, 4) is 0 Å². The molecule has 156 valence electrons. The summed E-state index contributed by atoms with van der Waals surface area (Å²) >= 11 is 0. The number of nitro benzene ring substituents is 1. The molecular formula is C18H27ClN4O5. The number of carboxylic acids is 1. The molecule has 2 N–H and O–H groups in total. The number of nitrogens with zero attached hydrogens (tertiary/aromatic N) is 3. The molecule has 1 amide bonds. The number of non-ortho nitro benzene ring substituents is 1. The maximum absolute atomic E-state index is 12.5. The second kappa shape index (κ2) is 10.9. The standard InChI is InChI=1S/C18H26N4O5.ClH/c1-3-20(12-17(23)24)15-8-10-21(11-9-15)13(2)18(25)19-14-4-6-16(7-5-14)22(26)27;/h4-7,13,15H,3,8-12H2,1-2H3,(H,19,25)(H,23,24);1H. The second-order valence-corrected chi connectivity index (χ2v) is 6.69. The van der Waals surface area contributed by atoms with Crippen molar-refractivity contribution in [3.05, 3.63) is 34.4 Å². The molecule has 1 heterocycles. The summed E-state index contributed by atoms with van der Waals surface area (Å²) in [6.45, 7) is 5.95. The van der Waals surface area contributed by atoms with Crippen molar-refractivity contribution in [3.63, 3.8) is 0 Å². The van der Waals surface area contributed by atoms with Gasteiger partial charge in [-0.2, -0.15) is 0 Å². The van der Waals surface area contributed by atoms with Crippen molar-refractivity contribution >= 4 is 35.7 Å². The minimum atomic E-state index is -0.824. The average molecular weight is 415 g/mol. The minimum absolute atomic E-state index is 0. The van der Waals surface area contributed by atoms with Gasteiger partial charge in [0, 0.05) is 37.0 Å².